The second-order valence-electron chi connectivity index (χ2n) is 6.38. The van der Waals surface area contributed by atoms with Gasteiger partial charge in [-0.2, -0.15) is 4.52 Å². The SMILES string of the molecule is O=C(NCCc1ccccc1)c1c(=O)[nH]n2c(=O)cc(-c3ccccc3)[nH]c12. The zero-order chi connectivity index (χ0) is 19.5. The molecule has 4 rings (SSSR count). The molecule has 0 radical (unpaired) electrons. The number of hydrogen-bond donors (Lipinski definition) is 3. The lowest BCUT2D eigenvalue weighted by Crippen LogP contribution is -2.29. The second kappa shape index (κ2) is 7.40. The topological polar surface area (TPSA) is 99.2 Å². The molecule has 0 aliphatic carbocycles. The molecule has 0 bridgehead atoms. The number of aromatic nitrogens is 3. The number of nitrogens with one attached hydrogen (secondary N) is 3. The molecule has 0 aliphatic rings. The van der Waals surface area contributed by atoms with Crippen LogP contribution in [0, 0.1) is 0 Å². The quantitative estimate of drug-likeness (QED) is 0.498. The highest BCUT2D eigenvalue weighted by Gasteiger charge is 2.19. The van der Waals surface area contributed by atoms with Gasteiger partial charge in [0.15, 0.2) is 5.65 Å². The van der Waals surface area contributed by atoms with Crippen LogP contribution in [0.5, 0.6) is 0 Å². The number of fused-ring (bicyclic) bond motifs is 1. The fraction of sp³-hybridized carbons (Fsp3) is 0.0952. The van der Waals surface area contributed by atoms with Gasteiger partial charge in [-0.15, -0.1) is 0 Å². The Bertz CT molecular complexity index is 1240. The van der Waals surface area contributed by atoms with Crippen LogP contribution >= 0.6 is 0 Å². The average Bonchev–Trinajstić information content (AvgIpc) is 3.06. The molecule has 0 saturated carbocycles. The van der Waals surface area contributed by atoms with E-state index in [4.69, 9.17) is 0 Å². The van der Waals surface area contributed by atoms with Crippen molar-refractivity contribution in [3.05, 3.63) is 98.6 Å². The summed E-state index contributed by atoms with van der Waals surface area (Å²) in [6.45, 7) is 0.377. The lowest BCUT2D eigenvalue weighted by Gasteiger charge is -2.06. The molecule has 2 aromatic heterocycles. The molecule has 2 aromatic carbocycles. The summed E-state index contributed by atoms with van der Waals surface area (Å²) in [6.07, 6.45) is 0.641. The summed E-state index contributed by atoms with van der Waals surface area (Å²) in [7, 11) is 0. The first-order chi connectivity index (χ1) is 13.6. The summed E-state index contributed by atoms with van der Waals surface area (Å²) in [6, 6.07) is 20.3. The van der Waals surface area contributed by atoms with Crippen molar-refractivity contribution in [3.8, 4) is 11.3 Å². The molecule has 1 amide bonds. The smallest absolute Gasteiger partial charge is 0.279 e. The van der Waals surface area contributed by atoms with Crippen LogP contribution in [0.1, 0.15) is 15.9 Å². The van der Waals surface area contributed by atoms with E-state index in [1.165, 1.54) is 6.07 Å². The Morgan fingerprint density at radius 1 is 0.964 bits per heavy atom. The molecule has 0 atom stereocenters. The summed E-state index contributed by atoms with van der Waals surface area (Å²) < 4.78 is 1.06. The number of hydrogen-bond acceptors (Lipinski definition) is 3. The predicted octanol–water partition coefficient (Wildman–Crippen LogP) is 1.96. The summed E-state index contributed by atoms with van der Waals surface area (Å²) in [5.74, 6) is -0.527. The van der Waals surface area contributed by atoms with E-state index in [9.17, 15) is 14.4 Å². The van der Waals surface area contributed by atoms with Gasteiger partial charge in [-0.1, -0.05) is 60.7 Å². The summed E-state index contributed by atoms with van der Waals surface area (Å²) in [5, 5.41) is 5.17. The van der Waals surface area contributed by atoms with Crippen molar-refractivity contribution < 1.29 is 4.79 Å². The molecule has 7 heteroatoms. The van der Waals surface area contributed by atoms with Gasteiger partial charge in [0, 0.05) is 12.6 Å². The fourth-order valence-electron chi connectivity index (χ4n) is 3.11. The highest BCUT2D eigenvalue weighted by Crippen LogP contribution is 2.15. The zero-order valence-corrected chi connectivity index (χ0v) is 14.9. The van der Waals surface area contributed by atoms with Crippen molar-refractivity contribution in [1.29, 1.82) is 0 Å². The number of carbonyl (C=O) groups is 1. The van der Waals surface area contributed by atoms with Gasteiger partial charge in [0.05, 0.1) is 5.69 Å². The number of nitrogens with zero attached hydrogens (tertiary/aromatic N) is 1. The van der Waals surface area contributed by atoms with Crippen LogP contribution in [0.4, 0.5) is 0 Å². The molecule has 0 saturated heterocycles. The van der Waals surface area contributed by atoms with Gasteiger partial charge in [-0.25, -0.2) is 0 Å². The Balaban J connectivity index is 1.65. The van der Waals surface area contributed by atoms with Gasteiger partial charge in [0.2, 0.25) is 0 Å². The zero-order valence-electron chi connectivity index (χ0n) is 14.9. The van der Waals surface area contributed by atoms with Crippen molar-refractivity contribution in [2.75, 3.05) is 6.54 Å². The number of H-pyrrole nitrogens is 2. The van der Waals surface area contributed by atoms with Crippen LogP contribution < -0.4 is 16.4 Å². The van der Waals surface area contributed by atoms with Gasteiger partial charge in [-0.3, -0.25) is 19.5 Å². The highest BCUT2D eigenvalue weighted by atomic mass is 16.2. The van der Waals surface area contributed by atoms with E-state index in [1.807, 2.05) is 60.7 Å². The minimum atomic E-state index is -0.615. The molecular formula is C21H18N4O3. The van der Waals surface area contributed by atoms with Crippen LogP contribution in [-0.4, -0.2) is 27.0 Å². The first-order valence-electron chi connectivity index (χ1n) is 8.89. The molecule has 0 aliphatic heterocycles. The minimum Gasteiger partial charge on any atom is -0.351 e. The molecule has 4 aromatic rings. The number of carbonyl (C=O) groups excluding carboxylic acids is 1. The standard InChI is InChI=1S/C21H18N4O3/c26-17-13-16(15-9-5-2-6-10-15)23-19-18(21(28)24-25(17)19)20(27)22-12-11-14-7-3-1-4-8-14/h1-10,13,23H,11-12H2,(H,22,27)(H,24,28). The summed E-state index contributed by atoms with van der Waals surface area (Å²) in [4.78, 5) is 40.4. The van der Waals surface area contributed by atoms with Gasteiger partial charge >= 0.3 is 0 Å². The molecule has 2 heterocycles. The van der Waals surface area contributed by atoms with E-state index in [0.29, 0.717) is 18.7 Å². The largest absolute Gasteiger partial charge is 0.351 e. The Morgan fingerprint density at radius 2 is 1.64 bits per heavy atom. The molecule has 3 N–H and O–H groups in total. The van der Waals surface area contributed by atoms with Crippen molar-refractivity contribution >= 4 is 11.6 Å². The molecule has 0 spiro atoms. The minimum absolute atomic E-state index is 0.108. The fourth-order valence-corrected chi connectivity index (χ4v) is 3.11. The van der Waals surface area contributed by atoms with E-state index in [1.54, 1.807) is 0 Å². The van der Waals surface area contributed by atoms with Gasteiger partial charge in [0.1, 0.15) is 5.56 Å². The normalized spacial score (nSPS) is 10.9. The van der Waals surface area contributed by atoms with Crippen molar-refractivity contribution in [2.24, 2.45) is 0 Å². The Hall–Kier alpha value is -3.87. The van der Waals surface area contributed by atoms with Gasteiger partial charge in [-0.05, 0) is 17.5 Å². The number of benzene rings is 2. The van der Waals surface area contributed by atoms with Crippen molar-refractivity contribution in [3.63, 3.8) is 0 Å². The number of amides is 1. The number of aromatic amines is 2. The maximum atomic E-state index is 12.6. The van der Waals surface area contributed by atoms with Crippen LogP contribution in [0.3, 0.4) is 0 Å². The Labute approximate surface area is 159 Å². The maximum Gasteiger partial charge on any atom is 0.279 e. The van der Waals surface area contributed by atoms with Gasteiger partial charge in [0.25, 0.3) is 17.0 Å². The lowest BCUT2D eigenvalue weighted by atomic mass is 10.1. The highest BCUT2D eigenvalue weighted by molar-refractivity contribution is 5.99. The third-order valence-electron chi connectivity index (χ3n) is 4.50. The number of rotatable bonds is 5. The molecule has 28 heavy (non-hydrogen) atoms. The third-order valence-corrected chi connectivity index (χ3v) is 4.50. The van der Waals surface area contributed by atoms with Crippen LogP contribution in [0.25, 0.3) is 16.9 Å². The molecule has 0 unspecified atom stereocenters. The van der Waals surface area contributed by atoms with Gasteiger partial charge < -0.3 is 10.3 Å². The third kappa shape index (κ3) is 3.37. The van der Waals surface area contributed by atoms with E-state index >= 15 is 0 Å². The Morgan fingerprint density at radius 3 is 2.36 bits per heavy atom. The molecule has 7 nitrogen and oxygen atoms in total. The predicted molar refractivity (Wildman–Crippen MR) is 107 cm³/mol. The van der Waals surface area contributed by atoms with Crippen LogP contribution in [-0.2, 0) is 6.42 Å². The van der Waals surface area contributed by atoms with Crippen LogP contribution in [0.2, 0.25) is 0 Å². The second-order valence-corrected chi connectivity index (χ2v) is 6.38. The average molecular weight is 374 g/mol. The first-order valence-corrected chi connectivity index (χ1v) is 8.89. The van der Waals surface area contributed by atoms with E-state index in [-0.39, 0.29) is 11.2 Å². The maximum absolute atomic E-state index is 12.6. The van der Waals surface area contributed by atoms with E-state index in [2.05, 4.69) is 15.4 Å². The van der Waals surface area contributed by atoms with Crippen molar-refractivity contribution in [2.45, 2.75) is 6.42 Å². The first kappa shape index (κ1) is 17.5. The van der Waals surface area contributed by atoms with Crippen LogP contribution in [0.15, 0.2) is 76.3 Å². The Kier molecular flexibility index (Phi) is 4.63. The summed E-state index contributed by atoms with van der Waals surface area (Å²) in [5.41, 5.74) is 1.40. The van der Waals surface area contributed by atoms with Crippen molar-refractivity contribution in [1.82, 2.24) is 19.9 Å². The monoisotopic (exact) mass is 374 g/mol. The van der Waals surface area contributed by atoms with E-state index in [0.717, 1.165) is 15.6 Å². The molecule has 140 valence electrons. The lowest BCUT2D eigenvalue weighted by molar-refractivity contribution is 0.0954. The van der Waals surface area contributed by atoms with E-state index < -0.39 is 17.0 Å². The molecule has 0 fully saturated rings. The molecular weight excluding hydrogens is 356 g/mol. The summed E-state index contributed by atoms with van der Waals surface area (Å²) >= 11 is 0.